The third-order valence-corrected chi connectivity index (χ3v) is 5.00. The second kappa shape index (κ2) is 10.1. The van der Waals surface area contributed by atoms with Gasteiger partial charge < -0.3 is 15.4 Å². The second-order valence-corrected chi connectivity index (χ2v) is 7.60. The molecule has 2 aromatic rings. The molecule has 1 aliphatic carbocycles. The lowest BCUT2D eigenvalue weighted by Gasteiger charge is -2.18. The minimum Gasteiger partial charge on any atom is -0.447 e. The van der Waals surface area contributed by atoms with Gasteiger partial charge >= 0.3 is 5.97 Å². The fraction of sp³-hybridized carbons (Fsp3) is 0.286. The van der Waals surface area contributed by atoms with Crippen LogP contribution in [0.3, 0.4) is 0 Å². The molecule has 1 fully saturated rings. The van der Waals surface area contributed by atoms with E-state index in [1.165, 1.54) is 24.3 Å². The van der Waals surface area contributed by atoms with Crippen LogP contribution in [0.1, 0.15) is 24.5 Å². The van der Waals surface area contributed by atoms with E-state index in [4.69, 9.17) is 4.74 Å². The molecule has 152 valence electrons. The molecule has 0 radical (unpaired) electrons. The standard InChI is InChI=1S/C21H21FN2O4S/c22-15-6-8-16(9-7-15)23-18(25)12-29-13-19(26)28-20(14-4-2-1-3-5-14)21(27)24-17-10-11-17/h1-9,17,20H,10-13H2,(H,23,25)(H,24,27)/t20-/m0/s1. The molecule has 0 unspecified atom stereocenters. The van der Waals surface area contributed by atoms with Crippen LogP contribution in [-0.2, 0) is 19.1 Å². The molecule has 3 rings (SSSR count). The van der Waals surface area contributed by atoms with Crippen molar-refractivity contribution in [2.75, 3.05) is 16.8 Å². The molecular weight excluding hydrogens is 395 g/mol. The van der Waals surface area contributed by atoms with E-state index in [2.05, 4.69) is 10.6 Å². The summed E-state index contributed by atoms with van der Waals surface area (Å²) in [4.78, 5) is 36.6. The van der Waals surface area contributed by atoms with E-state index < -0.39 is 12.1 Å². The maximum absolute atomic E-state index is 12.9. The Morgan fingerprint density at radius 3 is 2.38 bits per heavy atom. The number of ether oxygens (including phenoxy) is 1. The maximum atomic E-state index is 12.9. The average molecular weight is 416 g/mol. The fourth-order valence-corrected chi connectivity index (χ4v) is 3.12. The minimum absolute atomic E-state index is 0.0246. The molecular formula is C21H21FN2O4S. The summed E-state index contributed by atoms with van der Waals surface area (Å²) >= 11 is 1.07. The Balaban J connectivity index is 1.47. The topological polar surface area (TPSA) is 84.5 Å². The Labute approximate surface area is 172 Å². The van der Waals surface area contributed by atoms with Crippen molar-refractivity contribution in [3.05, 3.63) is 66.0 Å². The van der Waals surface area contributed by atoms with E-state index in [1.807, 2.05) is 6.07 Å². The van der Waals surface area contributed by atoms with E-state index in [0.717, 1.165) is 24.6 Å². The van der Waals surface area contributed by atoms with E-state index in [-0.39, 0.29) is 35.2 Å². The first-order valence-corrected chi connectivity index (χ1v) is 10.3. The molecule has 1 saturated carbocycles. The highest BCUT2D eigenvalue weighted by Crippen LogP contribution is 2.23. The number of amides is 2. The van der Waals surface area contributed by atoms with Crippen molar-refractivity contribution in [2.24, 2.45) is 0 Å². The lowest BCUT2D eigenvalue weighted by molar-refractivity contribution is -0.154. The third-order valence-electron chi connectivity index (χ3n) is 4.09. The number of thioether (sulfide) groups is 1. The second-order valence-electron chi connectivity index (χ2n) is 6.61. The van der Waals surface area contributed by atoms with Gasteiger partial charge in [0.2, 0.25) is 12.0 Å². The van der Waals surface area contributed by atoms with E-state index in [0.29, 0.717) is 11.3 Å². The van der Waals surface area contributed by atoms with Crippen molar-refractivity contribution in [3.8, 4) is 0 Å². The van der Waals surface area contributed by atoms with Crippen LogP contribution in [-0.4, -0.2) is 35.3 Å². The van der Waals surface area contributed by atoms with E-state index in [1.54, 1.807) is 24.3 Å². The molecule has 2 aromatic carbocycles. The SMILES string of the molecule is O=C(CSCC(=O)O[C@H](C(=O)NC1CC1)c1ccccc1)Nc1ccc(F)cc1. The summed E-state index contributed by atoms with van der Waals surface area (Å²) in [6.07, 6.45) is 0.846. The van der Waals surface area contributed by atoms with Crippen LogP contribution in [0.4, 0.5) is 10.1 Å². The highest BCUT2D eigenvalue weighted by Gasteiger charge is 2.30. The van der Waals surface area contributed by atoms with Gasteiger partial charge in [-0.3, -0.25) is 14.4 Å². The van der Waals surface area contributed by atoms with Gasteiger partial charge in [0.05, 0.1) is 11.5 Å². The van der Waals surface area contributed by atoms with Crippen LogP contribution in [0.15, 0.2) is 54.6 Å². The summed E-state index contributed by atoms with van der Waals surface area (Å²) in [6.45, 7) is 0. The number of carbonyl (C=O) groups is 3. The first kappa shape index (κ1) is 20.9. The third kappa shape index (κ3) is 6.90. The number of hydrogen-bond donors (Lipinski definition) is 2. The summed E-state index contributed by atoms with van der Waals surface area (Å²) in [5.41, 5.74) is 1.07. The van der Waals surface area contributed by atoms with Crippen molar-refractivity contribution in [2.45, 2.75) is 25.0 Å². The summed E-state index contributed by atoms with van der Waals surface area (Å²) in [7, 11) is 0. The van der Waals surface area contributed by atoms with Gasteiger partial charge in [0.25, 0.3) is 5.91 Å². The molecule has 0 aromatic heterocycles. The molecule has 2 N–H and O–H groups in total. The van der Waals surface area contributed by atoms with Crippen LogP contribution in [0.5, 0.6) is 0 Å². The number of nitrogens with one attached hydrogen (secondary N) is 2. The van der Waals surface area contributed by atoms with Gasteiger partial charge in [0.15, 0.2) is 0 Å². The van der Waals surface area contributed by atoms with Gasteiger partial charge in [-0.15, -0.1) is 11.8 Å². The molecule has 0 bridgehead atoms. The number of benzene rings is 2. The largest absolute Gasteiger partial charge is 0.447 e. The van der Waals surface area contributed by atoms with Crippen LogP contribution >= 0.6 is 11.8 Å². The zero-order valence-corrected chi connectivity index (χ0v) is 16.4. The Morgan fingerprint density at radius 2 is 1.72 bits per heavy atom. The molecule has 2 amide bonds. The summed E-state index contributed by atoms with van der Waals surface area (Å²) in [6, 6.07) is 14.4. The van der Waals surface area contributed by atoms with Crippen molar-refractivity contribution < 1.29 is 23.5 Å². The Kier molecular flexibility index (Phi) is 7.24. The highest BCUT2D eigenvalue weighted by atomic mass is 32.2. The smallest absolute Gasteiger partial charge is 0.317 e. The molecule has 1 aliphatic rings. The molecule has 0 aliphatic heterocycles. The molecule has 8 heteroatoms. The lowest BCUT2D eigenvalue weighted by Crippen LogP contribution is -2.34. The Hall–Kier alpha value is -2.87. The molecule has 1 atom stereocenters. The molecule has 0 saturated heterocycles. The highest BCUT2D eigenvalue weighted by molar-refractivity contribution is 8.00. The number of anilines is 1. The first-order chi connectivity index (χ1) is 14.0. The van der Waals surface area contributed by atoms with Gasteiger partial charge in [0, 0.05) is 17.3 Å². The summed E-state index contributed by atoms with van der Waals surface area (Å²) < 4.78 is 18.3. The zero-order chi connectivity index (χ0) is 20.6. The van der Waals surface area contributed by atoms with Gasteiger partial charge in [0.1, 0.15) is 5.82 Å². The number of esters is 1. The summed E-state index contributed by atoms with van der Waals surface area (Å²) in [5.74, 6) is -1.68. The predicted octanol–water partition coefficient (Wildman–Crippen LogP) is 3.06. The molecule has 0 heterocycles. The first-order valence-electron chi connectivity index (χ1n) is 9.19. The van der Waals surface area contributed by atoms with Gasteiger partial charge in [-0.25, -0.2) is 4.39 Å². The quantitative estimate of drug-likeness (QED) is 0.614. The van der Waals surface area contributed by atoms with Gasteiger partial charge in [-0.1, -0.05) is 30.3 Å². The minimum atomic E-state index is -1.02. The number of halogens is 1. The maximum Gasteiger partial charge on any atom is 0.317 e. The van der Waals surface area contributed by atoms with Crippen LogP contribution in [0.2, 0.25) is 0 Å². The van der Waals surface area contributed by atoms with Crippen LogP contribution < -0.4 is 10.6 Å². The predicted molar refractivity (Wildman–Crippen MR) is 109 cm³/mol. The summed E-state index contributed by atoms with van der Waals surface area (Å²) in [5, 5.41) is 5.46. The average Bonchev–Trinajstić information content (AvgIpc) is 3.52. The van der Waals surface area contributed by atoms with Crippen LogP contribution in [0, 0.1) is 5.82 Å². The van der Waals surface area contributed by atoms with Crippen molar-refractivity contribution in [3.63, 3.8) is 0 Å². The number of carbonyl (C=O) groups excluding carboxylic acids is 3. The Bertz CT molecular complexity index is 857. The number of rotatable bonds is 9. The number of hydrogen-bond acceptors (Lipinski definition) is 5. The van der Waals surface area contributed by atoms with Crippen molar-refractivity contribution >= 4 is 35.2 Å². The van der Waals surface area contributed by atoms with Crippen LogP contribution in [0.25, 0.3) is 0 Å². The fourth-order valence-electron chi connectivity index (χ4n) is 2.53. The van der Waals surface area contributed by atoms with E-state index in [9.17, 15) is 18.8 Å². The zero-order valence-electron chi connectivity index (χ0n) is 15.6. The molecule has 6 nitrogen and oxygen atoms in total. The normalized spacial score (nSPS) is 14.0. The monoisotopic (exact) mass is 416 g/mol. The van der Waals surface area contributed by atoms with E-state index >= 15 is 0 Å². The van der Waals surface area contributed by atoms with Gasteiger partial charge in [-0.2, -0.15) is 0 Å². The van der Waals surface area contributed by atoms with Crippen molar-refractivity contribution in [1.82, 2.24) is 5.32 Å². The molecule has 0 spiro atoms. The van der Waals surface area contributed by atoms with Gasteiger partial charge in [-0.05, 0) is 37.1 Å². The van der Waals surface area contributed by atoms with Crippen molar-refractivity contribution in [1.29, 1.82) is 0 Å². The Morgan fingerprint density at radius 1 is 1.03 bits per heavy atom. The molecule has 29 heavy (non-hydrogen) atoms. The lowest BCUT2D eigenvalue weighted by atomic mass is 10.1.